The largest absolute Gasteiger partial charge is 0.273 e. The summed E-state index contributed by atoms with van der Waals surface area (Å²) in [6.45, 7) is 0.675. The van der Waals surface area contributed by atoms with Crippen molar-refractivity contribution in [2.24, 2.45) is 28.8 Å². The molecule has 3 aromatic rings. The molecule has 32 heavy (non-hydrogen) atoms. The lowest BCUT2D eigenvalue weighted by Gasteiger charge is -2.51. The summed E-state index contributed by atoms with van der Waals surface area (Å²) in [5.41, 5.74) is 1.46. The number of benzene rings is 1. The van der Waals surface area contributed by atoms with E-state index in [9.17, 15) is 13.6 Å². The molecule has 1 aliphatic heterocycles. The molecule has 3 heterocycles. The Bertz CT molecular complexity index is 1220. The first-order valence-corrected chi connectivity index (χ1v) is 11.1. The molecule has 2 unspecified atom stereocenters. The highest BCUT2D eigenvalue weighted by molar-refractivity contribution is 5.82. The molecular weight excluding hydrogens is 412 g/mol. The van der Waals surface area contributed by atoms with Crippen LogP contribution in [0.4, 0.5) is 8.78 Å². The van der Waals surface area contributed by atoms with Crippen LogP contribution in [-0.2, 0) is 11.3 Å². The van der Waals surface area contributed by atoms with Crippen molar-refractivity contribution < 1.29 is 13.6 Å². The summed E-state index contributed by atoms with van der Waals surface area (Å²) >= 11 is 0. The van der Waals surface area contributed by atoms with Crippen molar-refractivity contribution in [3.63, 3.8) is 0 Å². The number of halogens is 2. The summed E-state index contributed by atoms with van der Waals surface area (Å²) in [5.74, 6) is 0.476. The third-order valence-corrected chi connectivity index (χ3v) is 7.53. The number of hydrogen-bond donors (Lipinski definition) is 0. The van der Waals surface area contributed by atoms with E-state index in [1.54, 1.807) is 24.7 Å². The van der Waals surface area contributed by atoms with Gasteiger partial charge >= 0.3 is 0 Å². The summed E-state index contributed by atoms with van der Waals surface area (Å²) < 4.78 is 29.6. The summed E-state index contributed by atoms with van der Waals surface area (Å²) in [5, 5.41) is 10.8. The molecule has 6 nitrogen and oxygen atoms in total. The molecule has 0 radical (unpaired) electrons. The normalized spacial score (nSPS) is 28.8. The number of hydrazone groups is 1. The third-order valence-electron chi connectivity index (χ3n) is 7.53. The lowest BCUT2D eigenvalue weighted by atomic mass is 9.55. The van der Waals surface area contributed by atoms with Gasteiger partial charge in [0.05, 0.1) is 29.3 Å². The number of fused-ring (bicyclic) bond motifs is 3. The molecule has 2 bridgehead atoms. The van der Waals surface area contributed by atoms with Crippen molar-refractivity contribution in [3.8, 4) is 0 Å². The van der Waals surface area contributed by atoms with Gasteiger partial charge in [0.2, 0.25) is 5.91 Å². The minimum absolute atomic E-state index is 0.0116. The molecule has 8 heteroatoms. The molecule has 3 atom stereocenters. The summed E-state index contributed by atoms with van der Waals surface area (Å²) in [4.78, 5) is 17.5. The number of aromatic nitrogens is 3. The predicted octanol–water partition coefficient (Wildman–Crippen LogP) is 4.33. The monoisotopic (exact) mass is 435 g/mol. The predicted molar refractivity (Wildman–Crippen MR) is 114 cm³/mol. The van der Waals surface area contributed by atoms with Crippen LogP contribution in [0.5, 0.6) is 0 Å². The molecule has 0 saturated heterocycles. The molecule has 0 N–H and O–H groups in total. The summed E-state index contributed by atoms with van der Waals surface area (Å²) in [6, 6.07) is 6.16. The zero-order valence-electron chi connectivity index (χ0n) is 17.4. The number of amides is 1. The smallest absolute Gasteiger partial charge is 0.246 e. The van der Waals surface area contributed by atoms with E-state index in [0.717, 1.165) is 31.0 Å². The molecule has 0 spiro atoms. The van der Waals surface area contributed by atoms with Crippen LogP contribution in [-0.4, -0.2) is 31.9 Å². The first-order valence-electron chi connectivity index (χ1n) is 11.1. The Morgan fingerprint density at radius 2 is 1.97 bits per heavy atom. The van der Waals surface area contributed by atoms with Crippen molar-refractivity contribution in [2.45, 2.75) is 38.3 Å². The average Bonchev–Trinajstić information content (AvgIpc) is 3.41. The van der Waals surface area contributed by atoms with Crippen molar-refractivity contribution in [3.05, 3.63) is 60.1 Å². The molecule has 7 rings (SSSR count). The van der Waals surface area contributed by atoms with Gasteiger partial charge in [-0.3, -0.25) is 14.5 Å². The molecule has 1 amide bonds. The van der Waals surface area contributed by atoms with Crippen molar-refractivity contribution in [1.82, 2.24) is 19.8 Å². The van der Waals surface area contributed by atoms with E-state index in [1.165, 1.54) is 17.1 Å². The van der Waals surface area contributed by atoms with Gasteiger partial charge in [-0.05, 0) is 60.8 Å². The van der Waals surface area contributed by atoms with Gasteiger partial charge in [0.25, 0.3) is 0 Å². The Morgan fingerprint density at radius 1 is 1.09 bits per heavy atom. The lowest BCUT2D eigenvalue weighted by molar-refractivity contribution is -0.147. The second-order valence-corrected chi connectivity index (χ2v) is 9.26. The molecule has 2 aromatic heterocycles. The van der Waals surface area contributed by atoms with E-state index >= 15 is 0 Å². The molecule has 3 aliphatic carbocycles. The number of pyridine rings is 1. The fourth-order valence-corrected chi connectivity index (χ4v) is 5.78. The molecule has 164 valence electrons. The molecule has 3 fully saturated rings. The minimum atomic E-state index is -0.413. The topological polar surface area (TPSA) is 63.4 Å². The van der Waals surface area contributed by atoms with Gasteiger partial charge in [0, 0.05) is 31.3 Å². The fourth-order valence-electron chi connectivity index (χ4n) is 5.78. The van der Waals surface area contributed by atoms with Gasteiger partial charge in [-0.15, -0.1) is 0 Å². The first-order chi connectivity index (χ1) is 15.6. The maximum atomic E-state index is 14.1. The highest BCUT2D eigenvalue weighted by atomic mass is 19.1. The van der Waals surface area contributed by atoms with Gasteiger partial charge in [0.15, 0.2) is 0 Å². The Hall–Kier alpha value is -3.16. The Morgan fingerprint density at radius 3 is 2.81 bits per heavy atom. The molecule has 1 aromatic carbocycles. The maximum absolute atomic E-state index is 14.1. The molecule has 3 saturated carbocycles. The first kappa shape index (κ1) is 19.5. The lowest BCUT2D eigenvalue weighted by Crippen LogP contribution is -2.49. The van der Waals surface area contributed by atoms with Gasteiger partial charge in [-0.1, -0.05) is 6.07 Å². The Balaban J connectivity index is 1.21. The van der Waals surface area contributed by atoms with Gasteiger partial charge in [0.1, 0.15) is 11.6 Å². The second kappa shape index (κ2) is 7.46. The van der Waals surface area contributed by atoms with Crippen molar-refractivity contribution in [2.75, 3.05) is 0 Å². The highest BCUT2D eigenvalue weighted by Gasteiger charge is 2.50. The number of rotatable bonds is 4. The Labute approximate surface area is 183 Å². The van der Waals surface area contributed by atoms with Crippen LogP contribution in [0, 0.1) is 35.3 Å². The van der Waals surface area contributed by atoms with Gasteiger partial charge in [-0.25, -0.2) is 13.8 Å². The minimum Gasteiger partial charge on any atom is -0.273 e. The van der Waals surface area contributed by atoms with E-state index < -0.39 is 5.82 Å². The zero-order chi connectivity index (χ0) is 21.8. The Kier molecular flexibility index (Phi) is 4.55. The summed E-state index contributed by atoms with van der Waals surface area (Å²) in [6.07, 6.45) is 9.45. The van der Waals surface area contributed by atoms with Gasteiger partial charge in [-0.2, -0.15) is 10.2 Å². The van der Waals surface area contributed by atoms with Crippen LogP contribution in [0.1, 0.15) is 37.3 Å². The fraction of sp³-hybridized carbons (Fsp3) is 0.417. The maximum Gasteiger partial charge on any atom is 0.246 e. The average molecular weight is 435 g/mol. The van der Waals surface area contributed by atoms with Crippen molar-refractivity contribution >= 4 is 23.0 Å². The van der Waals surface area contributed by atoms with E-state index in [0.29, 0.717) is 41.7 Å². The number of hydrogen-bond acceptors (Lipinski definition) is 4. The quantitative estimate of drug-likeness (QED) is 0.613. The zero-order valence-corrected chi connectivity index (χ0v) is 17.4. The third kappa shape index (κ3) is 3.12. The molecule has 4 aliphatic rings. The molecular formula is C24H23F2N5O. The van der Waals surface area contributed by atoms with E-state index in [4.69, 9.17) is 0 Å². The number of nitrogens with zero attached hydrogens (tertiary/aromatic N) is 5. The SMILES string of the molecule is O=C([C@H]1CC(Cn2ncc3c(F)cccc32)C2CC1C2)N1N=CCC1c1cncc(F)c1. The standard InChI is InChI=1S/C24H23F2N5O/c25-18-8-16(10-27-11-18)22-4-5-28-31(22)24(32)19-9-17(14-6-15(19)7-14)13-30-23-3-1-2-21(26)20(23)12-29-30/h1-3,5,8,10-12,14-15,17,19,22H,4,6-7,9,13H2/t14?,15?,17?,19-,22?/m0/s1. The second-order valence-electron chi connectivity index (χ2n) is 9.26. The van der Waals surface area contributed by atoms with Crippen LogP contribution < -0.4 is 0 Å². The van der Waals surface area contributed by atoms with E-state index in [1.807, 2.05) is 10.7 Å². The van der Waals surface area contributed by atoms with Crippen LogP contribution >= 0.6 is 0 Å². The van der Waals surface area contributed by atoms with E-state index in [2.05, 4.69) is 15.2 Å². The number of carbonyl (C=O) groups is 1. The number of carbonyl (C=O) groups excluding carboxylic acids is 1. The van der Waals surface area contributed by atoms with E-state index in [-0.39, 0.29) is 23.7 Å². The van der Waals surface area contributed by atoms with Crippen LogP contribution in [0.15, 0.2) is 48.0 Å². The summed E-state index contributed by atoms with van der Waals surface area (Å²) in [7, 11) is 0. The van der Waals surface area contributed by atoms with Crippen molar-refractivity contribution in [1.29, 1.82) is 0 Å². The van der Waals surface area contributed by atoms with Crippen LogP contribution in [0.3, 0.4) is 0 Å². The van der Waals surface area contributed by atoms with Crippen LogP contribution in [0.2, 0.25) is 0 Å². The van der Waals surface area contributed by atoms with Gasteiger partial charge < -0.3 is 0 Å². The van der Waals surface area contributed by atoms with Crippen LogP contribution in [0.25, 0.3) is 10.9 Å². The highest BCUT2D eigenvalue weighted by Crippen LogP contribution is 2.53.